The van der Waals surface area contributed by atoms with Crippen molar-refractivity contribution in [1.82, 2.24) is 0 Å². The first-order valence-electron chi connectivity index (χ1n) is 6.30. The Bertz CT molecular complexity index is 459. The predicted molar refractivity (Wildman–Crippen MR) is 79.2 cm³/mol. The van der Waals surface area contributed by atoms with Crippen molar-refractivity contribution in [1.29, 1.82) is 0 Å². The van der Waals surface area contributed by atoms with E-state index in [-0.39, 0.29) is 5.91 Å². The minimum atomic E-state index is 0.161. The Morgan fingerprint density at radius 2 is 2.06 bits per heavy atom. The highest BCUT2D eigenvalue weighted by Crippen LogP contribution is 2.35. The van der Waals surface area contributed by atoms with E-state index in [9.17, 15) is 4.79 Å². The Balaban J connectivity index is 2.30. The lowest BCUT2D eigenvalue weighted by atomic mass is 10.1. The number of rotatable bonds is 3. The van der Waals surface area contributed by atoms with Gasteiger partial charge in [0.15, 0.2) is 0 Å². The SMILES string of the molecule is CC(C)CCN1CC(=O)N(C)c2ccc(Br)cc21. The van der Waals surface area contributed by atoms with Crippen LogP contribution in [-0.4, -0.2) is 26.0 Å². The van der Waals surface area contributed by atoms with Crippen LogP contribution in [0.25, 0.3) is 0 Å². The van der Waals surface area contributed by atoms with Gasteiger partial charge in [-0.2, -0.15) is 0 Å². The van der Waals surface area contributed by atoms with Gasteiger partial charge in [0.1, 0.15) is 0 Å². The Morgan fingerprint density at radius 1 is 1.33 bits per heavy atom. The molecule has 0 fully saturated rings. The summed E-state index contributed by atoms with van der Waals surface area (Å²) in [6.07, 6.45) is 1.10. The Labute approximate surface area is 117 Å². The predicted octanol–water partition coefficient (Wildman–Crippen LogP) is 3.28. The lowest BCUT2D eigenvalue weighted by Crippen LogP contribution is -2.44. The zero-order chi connectivity index (χ0) is 13.3. The molecular weight excluding hydrogens is 292 g/mol. The van der Waals surface area contributed by atoms with Crippen LogP contribution >= 0.6 is 15.9 Å². The van der Waals surface area contributed by atoms with Crippen molar-refractivity contribution in [3.8, 4) is 0 Å². The number of amides is 1. The van der Waals surface area contributed by atoms with E-state index in [2.05, 4.69) is 40.7 Å². The van der Waals surface area contributed by atoms with Crippen molar-refractivity contribution in [2.75, 3.05) is 29.9 Å². The van der Waals surface area contributed by atoms with Crippen LogP contribution < -0.4 is 9.80 Å². The molecule has 1 heterocycles. The first-order chi connectivity index (χ1) is 8.49. The topological polar surface area (TPSA) is 23.6 Å². The lowest BCUT2D eigenvalue weighted by Gasteiger charge is -2.36. The highest BCUT2D eigenvalue weighted by Gasteiger charge is 2.26. The molecule has 0 saturated heterocycles. The number of hydrogen-bond acceptors (Lipinski definition) is 2. The molecule has 0 unspecified atom stereocenters. The summed E-state index contributed by atoms with van der Waals surface area (Å²) in [5, 5.41) is 0. The molecule has 1 aromatic rings. The van der Waals surface area contributed by atoms with Crippen LogP contribution in [0.4, 0.5) is 11.4 Å². The number of nitrogens with zero attached hydrogens (tertiary/aromatic N) is 2. The first-order valence-corrected chi connectivity index (χ1v) is 7.09. The third-order valence-corrected chi connectivity index (χ3v) is 3.81. The van der Waals surface area contributed by atoms with E-state index >= 15 is 0 Å². The minimum absolute atomic E-state index is 0.161. The molecule has 0 aromatic heterocycles. The summed E-state index contributed by atoms with van der Waals surface area (Å²) >= 11 is 3.50. The number of likely N-dealkylation sites (N-methyl/N-ethyl adjacent to an activating group) is 1. The Kier molecular flexibility index (Phi) is 3.95. The molecule has 0 N–H and O–H groups in total. The van der Waals surface area contributed by atoms with Crippen molar-refractivity contribution in [2.24, 2.45) is 5.92 Å². The van der Waals surface area contributed by atoms with Gasteiger partial charge in [0.25, 0.3) is 0 Å². The number of benzene rings is 1. The fourth-order valence-electron chi connectivity index (χ4n) is 2.14. The second-order valence-corrected chi connectivity index (χ2v) is 6.11. The van der Waals surface area contributed by atoms with E-state index in [1.165, 1.54) is 0 Å². The number of halogens is 1. The molecule has 1 aromatic carbocycles. The minimum Gasteiger partial charge on any atom is -0.360 e. The van der Waals surface area contributed by atoms with Crippen LogP contribution in [0.3, 0.4) is 0 Å². The molecular formula is C14H19BrN2O. The molecule has 1 amide bonds. The third-order valence-electron chi connectivity index (χ3n) is 3.32. The van der Waals surface area contributed by atoms with Crippen LogP contribution in [0.5, 0.6) is 0 Å². The molecule has 0 spiro atoms. The van der Waals surface area contributed by atoms with Crippen LogP contribution in [-0.2, 0) is 4.79 Å². The zero-order valence-electron chi connectivity index (χ0n) is 11.1. The molecule has 0 radical (unpaired) electrons. The Hall–Kier alpha value is -1.03. The molecule has 0 saturated carbocycles. The highest BCUT2D eigenvalue weighted by molar-refractivity contribution is 9.10. The average Bonchev–Trinajstić information content (AvgIpc) is 2.31. The van der Waals surface area contributed by atoms with Crippen molar-refractivity contribution >= 4 is 33.2 Å². The third kappa shape index (κ3) is 2.69. The second-order valence-electron chi connectivity index (χ2n) is 5.19. The second kappa shape index (κ2) is 5.31. The largest absolute Gasteiger partial charge is 0.360 e. The van der Waals surface area contributed by atoms with Gasteiger partial charge in [0.2, 0.25) is 5.91 Å². The molecule has 1 aliphatic rings. The maximum atomic E-state index is 12.0. The molecule has 4 heteroatoms. The summed E-state index contributed by atoms with van der Waals surface area (Å²) in [5.41, 5.74) is 2.14. The van der Waals surface area contributed by atoms with Gasteiger partial charge in [0.05, 0.1) is 17.9 Å². The standard InChI is InChI=1S/C14H19BrN2O/c1-10(2)6-7-17-9-14(18)16(3)12-5-4-11(15)8-13(12)17/h4-5,8,10H,6-7,9H2,1-3H3. The van der Waals surface area contributed by atoms with Gasteiger partial charge in [-0.25, -0.2) is 0 Å². The van der Waals surface area contributed by atoms with Crippen molar-refractivity contribution < 1.29 is 4.79 Å². The fraction of sp³-hybridized carbons (Fsp3) is 0.500. The van der Waals surface area contributed by atoms with Gasteiger partial charge in [-0.3, -0.25) is 4.79 Å². The van der Waals surface area contributed by atoms with E-state index in [1.54, 1.807) is 4.90 Å². The smallest absolute Gasteiger partial charge is 0.246 e. The molecule has 1 aliphatic heterocycles. The maximum Gasteiger partial charge on any atom is 0.246 e. The number of fused-ring (bicyclic) bond motifs is 1. The molecule has 2 rings (SSSR count). The summed E-state index contributed by atoms with van der Waals surface area (Å²) in [6, 6.07) is 6.08. The highest BCUT2D eigenvalue weighted by atomic mass is 79.9. The zero-order valence-corrected chi connectivity index (χ0v) is 12.7. The molecule has 3 nitrogen and oxygen atoms in total. The van der Waals surface area contributed by atoms with Gasteiger partial charge in [-0.15, -0.1) is 0 Å². The monoisotopic (exact) mass is 310 g/mol. The summed E-state index contributed by atoms with van der Waals surface area (Å²) in [5.74, 6) is 0.809. The molecule has 0 atom stereocenters. The van der Waals surface area contributed by atoms with Gasteiger partial charge >= 0.3 is 0 Å². The number of carbonyl (C=O) groups is 1. The summed E-state index contributed by atoms with van der Waals surface area (Å²) in [7, 11) is 1.84. The van der Waals surface area contributed by atoms with E-state index in [1.807, 2.05) is 19.2 Å². The van der Waals surface area contributed by atoms with Crippen LogP contribution in [0, 0.1) is 5.92 Å². The quantitative estimate of drug-likeness (QED) is 0.855. The first kappa shape index (κ1) is 13.4. The molecule has 0 aliphatic carbocycles. The van der Waals surface area contributed by atoms with E-state index in [0.29, 0.717) is 12.5 Å². The summed E-state index contributed by atoms with van der Waals surface area (Å²) in [6.45, 7) is 5.83. The van der Waals surface area contributed by atoms with E-state index in [0.717, 1.165) is 28.8 Å². The normalized spacial score (nSPS) is 15.3. The maximum absolute atomic E-state index is 12.0. The number of anilines is 2. The molecule has 18 heavy (non-hydrogen) atoms. The van der Waals surface area contributed by atoms with Gasteiger partial charge in [-0.05, 0) is 30.5 Å². The molecule has 98 valence electrons. The van der Waals surface area contributed by atoms with Gasteiger partial charge < -0.3 is 9.80 Å². The van der Waals surface area contributed by atoms with Gasteiger partial charge in [0, 0.05) is 18.1 Å². The molecule has 0 bridgehead atoms. The van der Waals surface area contributed by atoms with Crippen molar-refractivity contribution in [3.63, 3.8) is 0 Å². The Morgan fingerprint density at radius 3 is 2.72 bits per heavy atom. The lowest BCUT2D eigenvalue weighted by molar-refractivity contribution is -0.117. The van der Waals surface area contributed by atoms with Gasteiger partial charge in [-0.1, -0.05) is 29.8 Å². The summed E-state index contributed by atoms with van der Waals surface area (Å²) in [4.78, 5) is 15.9. The van der Waals surface area contributed by atoms with Crippen LogP contribution in [0.15, 0.2) is 22.7 Å². The van der Waals surface area contributed by atoms with Crippen molar-refractivity contribution in [3.05, 3.63) is 22.7 Å². The summed E-state index contributed by atoms with van der Waals surface area (Å²) < 4.78 is 1.05. The van der Waals surface area contributed by atoms with E-state index < -0.39 is 0 Å². The van der Waals surface area contributed by atoms with Crippen LogP contribution in [0.1, 0.15) is 20.3 Å². The van der Waals surface area contributed by atoms with Crippen LogP contribution in [0.2, 0.25) is 0 Å². The fourth-order valence-corrected chi connectivity index (χ4v) is 2.48. The van der Waals surface area contributed by atoms with E-state index in [4.69, 9.17) is 0 Å². The number of hydrogen-bond donors (Lipinski definition) is 0. The average molecular weight is 311 g/mol. The number of carbonyl (C=O) groups excluding carboxylic acids is 1. The van der Waals surface area contributed by atoms with Crippen molar-refractivity contribution in [2.45, 2.75) is 20.3 Å².